The molecule has 1 fully saturated rings. The highest BCUT2D eigenvalue weighted by Crippen LogP contribution is 2.22. The van der Waals surface area contributed by atoms with Crippen LogP contribution in [0.5, 0.6) is 0 Å². The number of rotatable bonds is 7. The number of nitrogens with zero attached hydrogens (tertiary/aromatic N) is 3. The lowest BCUT2D eigenvalue weighted by Gasteiger charge is -2.33. The van der Waals surface area contributed by atoms with Crippen LogP contribution in [0.1, 0.15) is 37.3 Å². The Morgan fingerprint density at radius 1 is 1.19 bits per heavy atom. The quantitative estimate of drug-likeness (QED) is 0.480. The highest BCUT2D eigenvalue weighted by Gasteiger charge is 2.19. The molecule has 0 saturated carbocycles. The van der Waals surface area contributed by atoms with Crippen LogP contribution >= 0.6 is 23.8 Å². The van der Waals surface area contributed by atoms with Gasteiger partial charge in [-0.2, -0.15) is 5.10 Å². The highest BCUT2D eigenvalue weighted by molar-refractivity contribution is 7.71. The average molecular weight is 470 g/mol. The van der Waals surface area contributed by atoms with Crippen molar-refractivity contribution in [3.05, 3.63) is 69.5 Å². The SMILES string of the molecule is CC1CCCCN1Cc1ccccc1CNC(=O)Cn1c(-c2ccc(Cl)cc2)n[nH]c1=S. The van der Waals surface area contributed by atoms with Gasteiger partial charge in [-0.1, -0.05) is 42.3 Å². The number of aromatic amines is 1. The van der Waals surface area contributed by atoms with Crippen molar-refractivity contribution < 1.29 is 4.79 Å². The summed E-state index contributed by atoms with van der Waals surface area (Å²) in [4.78, 5) is 15.3. The summed E-state index contributed by atoms with van der Waals surface area (Å²) in [5, 5.41) is 10.8. The minimum atomic E-state index is -0.112. The predicted octanol–water partition coefficient (Wildman–Crippen LogP) is 4.95. The molecule has 2 heterocycles. The van der Waals surface area contributed by atoms with Gasteiger partial charge in [0, 0.05) is 29.7 Å². The van der Waals surface area contributed by atoms with Gasteiger partial charge < -0.3 is 5.32 Å². The van der Waals surface area contributed by atoms with Crippen LogP contribution in [0.25, 0.3) is 11.4 Å². The molecule has 1 saturated heterocycles. The van der Waals surface area contributed by atoms with E-state index in [9.17, 15) is 4.79 Å². The van der Waals surface area contributed by atoms with E-state index in [1.165, 1.54) is 24.8 Å². The molecule has 32 heavy (non-hydrogen) atoms. The average Bonchev–Trinajstić information content (AvgIpc) is 3.15. The van der Waals surface area contributed by atoms with Gasteiger partial charge in [0.2, 0.25) is 5.91 Å². The summed E-state index contributed by atoms with van der Waals surface area (Å²) in [6.45, 7) is 4.93. The fourth-order valence-corrected chi connectivity index (χ4v) is 4.50. The van der Waals surface area contributed by atoms with E-state index in [4.69, 9.17) is 23.8 Å². The van der Waals surface area contributed by atoms with Crippen molar-refractivity contribution >= 4 is 29.7 Å². The molecule has 0 aliphatic carbocycles. The molecule has 0 bridgehead atoms. The second-order valence-corrected chi connectivity index (χ2v) is 9.13. The number of halogens is 1. The van der Waals surface area contributed by atoms with E-state index >= 15 is 0 Å². The molecule has 1 aromatic heterocycles. The first-order valence-corrected chi connectivity index (χ1v) is 11.8. The van der Waals surface area contributed by atoms with Gasteiger partial charge in [0.25, 0.3) is 0 Å². The van der Waals surface area contributed by atoms with Gasteiger partial charge in [-0.05, 0) is 73.9 Å². The van der Waals surface area contributed by atoms with Crippen LogP contribution in [0.3, 0.4) is 0 Å². The van der Waals surface area contributed by atoms with E-state index < -0.39 is 0 Å². The first-order valence-electron chi connectivity index (χ1n) is 11.0. The van der Waals surface area contributed by atoms with Gasteiger partial charge in [0.15, 0.2) is 10.6 Å². The molecule has 1 aliphatic heterocycles. The van der Waals surface area contributed by atoms with Crippen LogP contribution < -0.4 is 5.32 Å². The number of likely N-dealkylation sites (tertiary alicyclic amines) is 1. The molecule has 1 atom stereocenters. The molecule has 1 unspecified atom stereocenters. The number of hydrogen-bond donors (Lipinski definition) is 2. The Balaban J connectivity index is 1.42. The molecule has 3 aromatic rings. The molecule has 1 amide bonds. The van der Waals surface area contributed by atoms with Crippen molar-refractivity contribution in [1.82, 2.24) is 25.0 Å². The molecule has 8 heteroatoms. The topological polar surface area (TPSA) is 66.0 Å². The standard InChI is InChI=1S/C24H28ClN5OS/c1-17-6-4-5-13-29(17)15-20-8-3-2-7-19(20)14-26-22(31)16-30-23(27-28-24(30)32)18-9-11-21(25)12-10-18/h2-3,7-12,17H,4-6,13-16H2,1H3,(H,26,31)(H,28,32). The lowest BCUT2D eigenvalue weighted by Crippen LogP contribution is -2.37. The molecular weight excluding hydrogens is 442 g/mol. The number of hydrogen-bond acceptors (Lipinski definition) is 4. The van der Waals surface area contributed by atoms with Crippen LogP contribution in [-0.4, -0.2) is 38.2 Å². The number of H-pyrrole nitrogens is 1. The summed E-state index contributed by atoms with van der Waals surface area (Å²) < 4.78 is 2.11. The number of benzene rings is 2. The third-order valence-corrected chi connectivity index (χ3v) is 6.63. The minimum absolute atomic E-state index is 0.0959. The Bertz CT molecular complexity index is 1120. The van der Waals surface area contributed by atoms with Crippen molar-refractivity contribution in [1.29, 1.82) is 0 Å². The summed E-state index contributed by atoms with van der Waals surface area (Å²) in [5.74, 6) is 0.500. The first kappa shape index (κ1) is 22.7. The van der Waals surface area contributed by atoms with Gasteiger partial charge >= 0.3 is 0 Å². The number of aromatic nitrogens is 3. The molecule has 168 valence electrons. The van der Waals surface area contributed by atoms with E-state index in [1.807, 2.05) is 18.2 Å². The zero-order chi connectivity index (χ0) is 22.5. The third kappa shape index (κ3) is 5.46. The zero-order valence-corrected chi connectivity index (χ0v) is 19.8. The Kier molecular flexibility index (Phi) is 7.40. The van der Waals surface area contributed by atoms with E-state index in [0.29, 0.717) is 28.2 Å². The number of piperidine rings is 1. The fourth-order valence-electron chi connectivity index (χ4n) is 4.17. The Hall–Kier alpha value is -2.48. The predicted molar refractivity (Wildman–Crippen MR) is 130 cm³/mol. The third-order valence-electron chi connectivity index (χ3n) is 6.07. The number of carbonyl (C=O) groups excluding carboxylic acids is 1. The number of amides is 1. The van der Waals surface area contributed by atoms with Gasteiger partial charge in [0.05, 0.1) is 0 Å². The van der Waals surface area contributed by atoms with Crippen molar-refractivity contribution in [2.45, 2.75) is 51.9 Å². The van der Waals surface area contributed by atoms with Crippen molar-refractivity contribution in [3.63, 3.8) is 0 Å². The second-order valence-electron chi connectivity index (χ2n) is 8.31. The smallest absolute Gasteiger partial charge is 0.240 e. The Labute approximate surface area is 198 Å². The first-order chi connectivity index (χ1) is 15.5. The lowest BCUT2D eigenvalue weighted by molar-refractivity contribution is -0.121. The van der Waals surface area contributed by atoms with E-state index in [2.05, 4.69) is 45.5 Å². The maximum Gasteiger partial charge on any atom is 0.240 e. The van der Waals surface area contributed by atoms with E-state index in [1.54, 1.807) is 16.7 Å². The van der Waals surface area contributed by atoms with Crippen molar-refractivity contribution in [2.24, 2.45) is 0 Å². The van der Waals surface area contributed by atoms with Crippen LogP contribution in [0, 0.1) is 4.77 Å². The summed E-state index contributed by atoms with van der Waals surface area (Å²) in [7, 11) is 0. The lowest BCUT2D eigenvalue weighted by atomic mass is 10.0. The van der Waals surface area contributed by atoms with E-state index in [-0.39, 0.29) is 12.5 Å². The van der Waals surface area contributed by atoms with Gasteiger partial charge in [-0.25, -0.2) is 0 Å². The molecule has 6 nitrogen and oxygen atoms in total. The Morgan fingerprint density at radius 3 is 2.69 bits per heavy atom. The number of nitrogens with one attached hydrogen (secondary N) is 2. The summed E-state index contributed by atoms with van der Waals surface area (Å²) in [5.41, 5.74) is 3.26. The molecule has 0 spiro atoms. The molecular formula is C24H28ClN5OS. The zero-order valence-electron chi connectivity index (χ0n) is 18.2. The fraction of sp³-hybridized carbons (Fsp3) is 0.375. The highest BCUT2D eigenvalue weighted by atomic mass is 35.5. The molecule has 4 rings (SSSR count). The number of carbonyl (C=O) groups is 1. The van der Waals surface area contributed by atoms with Crippen molar-refractivity contribution in [2.75, 3.05) is 6.54 Å². The Morgan fingerprint density at radius 2 is 1.94 bits per heavy atom. The van der Waals surface area contributed by atoms with Gasteiger partial charge in [-0.15, -0.1) is 0 Å². The van der Waals surface area contributed by atoms with Gasteiger partial charge in [0.1, 0.15) is 6.54 Å². The summed E-state index contributed by atoms with van der Waals surface area (Å²) in [6, 6.07) is 16.2. The second kappa shape index (κ2) is 10.4. The summed E-state index contributed by atoms with van der Waals surface area (Å²) in [6.07, 6.45) is 3.81. The normalized spacial score (nSPS) is 16.8. The molecule has 0 radical (unpaired) electrons. The summed E-state index contributed by atoms with van der Waals surface area (Å²) >= 11 is 11.3. The van der Waals surface area contributed by atoms with Crippen molar-refractivity contribution in [3.8, 4) is 11.4 Å². The maximum atomic E-state index is 12.8. The van der Waals surface area contributed by atoms with E-state index in [0.717, 1.165) is 24.2 Å². The molecule has 2 aromatic carbocycles. The van der Waals surface area contributed by atoms with Crippen LogP contribution in [0.2, 0.25) is 5.02 Å². The maximum absolute atomic E-state index is 12.8. The molecule has 1 aliphatic rings. The van der Waals surface area contributed by atoms with Crippen LogP contribution in [-0.2, 0) is 24.4 Å². The minimum Gasteiger partial charge on any atom is -0.350 e. The van der Waals surface area contributed by atoms with Crippen LogP contribution in [0.4, 0.5) is 0 Å². The monoisotopic (exact) mass is 469 g/mol. The molecule has 2 N–H and O–H groups in total. The van der Waals surface area contributed by atoms with Crippen LogP contribution in [0.15, 0.2) is 48.5 Å². The largest absolute Gasteiger partial charge is 0.350 e. The van der Waals surface area contributed by atoms with Gasteiger partial charge in [-0.3, -0.25) is 19.4 Å².